The quantitative estimate of drug-likeness (QED) is 0.424. The van der Waals surface area contributed by atoms with Crippen LogP contribution in [0, 0.1) is 5.92 Å². The van der Waals surface area contributed by atoms with E-state index < -0.39 is 12.3 Å². The van der Waals surface area contributed by atoms with Gasteiger partial charge < -0.3 is 14.4 Å². The molecule has 148 valence electrons. The maximum atomic E-state index is 12.0. The molecule has 1 aromatic heterocycles. The lowest BCUT2D eigenvalue weighted by Gasteiger charge is -2.36. The molecule has 0 radical (unpaired) electrons. The summed E-state index contributed by atoms with van der Waals surface area (Å²) in [6.45, 7) is 0.572. The van der Waals surface area contributed by atoms with Crippen LogP contribution in [0.25, 0.3) is 11.3 Å². The molecule has 2 atom stereocenters. The highest BCUT2D eigenvalue weighted by atomic mass is 16.5. The van der Waals surface area contributed by atoms with E-state index in [1.54, 1.807) is 6.07 Å². The minimum atomic E-state index is -1.01. The number of aliphatic hydroxyl groups is 1. The van der Waals surface area contributed by atoms with E-state index in [2.05, 4.69) is 21.3 Å². The van der Waals surface area contributed by atoms with Crippen LogP contribution < -0.4 is 16.2 Å². The molecule has 1 aliphatic carbocycles. The fourth-order valence-electron chi connectivity index (χ4n) is 3.18. The minimum absolute atomic E-state index is 0.0262. The van der Waals surface area contributed by atoms with E-state index >= 15 is 0 Å². The van der Waals surface area contributed by atoms with Gasteiger partial charge in [-0.1, -0.05) is 35.5 Å². The number of rotatable bonds is 6. The Bertz CT molecular complexity index is 830. The topological polar surface area (TPSA) is 126 Å². The monoisotopic (exact) mass is 386 g/mol. The average Bonchev–Trinajstić information content (AvgIpc) is 3.12. The highest BCUT2D eigenvalue weighted by molar-refractivity contribution is 5.86. The van der Waals surface area contributed by atoms with Crippen LogP contribution in [0.3, 0.4) is 0 Å². The highest BCUT2D eigenvalue weighted by Crippen LogP contribution is 2.30. The number of hydrogen-bond donors (Lipinski definition) is 4. The number of nitrogens with one attached hydrogen (secondary N) is 3. The number of aliphatic hydroxyl groups excluding tert-OH is 1. The summed E-state index contributed by atoms with van der Waals surface area (Å²) in [6.07, 6.45) is 0.308. The molecule has 2 heterocycles. The number of hydrazine groups is 1. The van der Waals surface area contributed by atoms with Crippen molar-refractivity contribution in [2.75, 3.05) is 6.61 Å². The lowest BCUT2D eigenvalue weighted by atomic mass is 9.79. The van der Waals surface area contributed by atoms with Crippen molar-refractivity contribution >= 4 is 11.8 Å². The second-order valence-electron chi connectivity index (χ2n) is 7.04. The lowest BCUT2D eigenvalue weighted by Crippen LogP contribution is -2.55. The van der Waals surface area contributed by atoms with Crippen LogP contribution in [-0.4, -0.2) is 40.8 Å². The van der Waals surface area contributed by atoms with E-state index in [4.69, 9.17) is 9.26 Å². The van der Waals surface area contributed by atoms with Crippen molar-refractivity contribution in [2.45, 2.75) is 37.6 Å². The zero-order chi connectivity index (χ0) is 19.5. The number of carbonyl (C=O) groups is 2. The first-order valence-corrected chi connectivity index (χ1v) is 9.27. The van der Waals surface area contributed by atoms with Gasteiger partial charge in [0, 0.05) is 30.0 Å². The number of carbonyl (C=O) groups excluding carboxylic acids is 2. The van der Waals surface area contributed by atoms with E-state index in [0.29, 0.717) is 37.3 Å². The molecule has 2 unspecified atom stereocenters. The molecule has 1 saturated heterocycles. The van der Waals surface area contributed by atoms with Gasteiger partial charge in [0.2, 0.25) is 5.91 Å². The smallest absolute Gasteiger partial charge is 0.267 e. The normalized spacial score (nSPS) is 24.5. The Morgan fingerprint density at radius 3 is 2.54 bits per heavy atom. The maximum absolute atomic E-state index is 12.0. The van der Waals surface area contributed by atoms with E-state index in [9.17, 15) is 14.7 Å². The molecule has 28 heavy (non-hydrogen) atoms. The molecule has 9 nitrogen and oxygen atoms in total. The fourth-order valence-corrected chi connectivity index (χ4v) is 3.18. The average molecular weight is 386 g/mol. The second kappa shape index (κ2) is 8.09. The number of aromatic nitrogens is 1. The van der Waals surface area contributed by atoms with E-state index in [0.717, 1.165) is 5.56 Å². The number of nitrogens with zero attached hydrogens (tertiary/aromatic N) is 1. The van der Waals surface area contributed by atoms with Gasteiger partial charge >= 0.3 is 0 Å². The van der Waals surface area contributed by atoms with Crippen LogP contribution in [0.1, 0.15) is 31.3 Å². The number of benzene rings is 1. The molecular weight excluding hydrogens is 364 g/mol. The van der Waals surface area contributed by atoms with Crippen LogP contribution in [-0.2, 0) is 14.3 Å². The third-order valence-electron chi connectivity index (χ3n) is 5.07. The Morgan fingerprint density at radius 2 is 1.86 bits per heavy atom. The molecule has 1 aliphatic heterocycles. The second-order valence-corrected chi connectivity index (χ2v) is 7.04. The van der Waals surface area contributed by atoms with Gasteiger partial charge in [-0.25, -0.2) is 0 Å². The van der Waals surface area contributed by atoms with Gasteiger partial charge in [-0.15, -0.1) is 0 Å². The molecule has 2 fully saturated rings. The Hall–Kier alpha value is -2.75. The van der Waals surface area contributed by atoms with Gasteiger partial charge in [0.15, 0.2) is 12.0 Å². The van der Waals surface area contributed by atoms with Gasteiger partial charge in [-0.3, -0.25) is 25.8 Å². The van der Waals surface area contributed by atoms with Gasteiger partial charge in [0.05, 0.1) is 6.61 Å². The standard InChI is InChI=1S/C19H22N4O5/c24-17(21-22-19(26)15-6-7-27-15)12-8-13(9-12)20-18(25)16-10-14(23-28-16)11-4-2-1-3-5-11/h1-5,10,12-13,15,18,20,25H,6-9H2,(H,21,24)(H,22,26)/t12-,13-,15?,18?. The van der Waals surface area contributed by atoms with Crippen LogP contribution in [0.15, 0.2) is 40.9 Å². The minimum Gasteiger partial charge on any atom is -0.371 e. The van der Waals surface area contributed by atoms with Crippen LogP contribution >= 0.6 is 0 Å². The first-order valence-electron chi connectivity index (χ1n) is 9.27. The van der Waals surface area contributed by atoms with E-state index in [1.807, 2.05) is 30.3 Å². The predicted octanol–water partition coefficient (Wildman–Crippen LogP) is 0.637. The Labute approximate surface area is 161 Å². The Morgan fingerprint density at radius 1 is 1.14 bits per heavy atom. The van der Waals surface area contributed by atoms with Crippen LogP contribution in [0.4, 0.5) is 0 Å². The molecular formula is C19H22N4O5. The van der Waals surface area contributed by atoms with Gasteiger partial charge in [0.1, 0.15) is 11.8 Å². The van der Waals surface area contributed by atoms with Gasteiger partial charge in [0.25, 0.3) is 5.91 Å². The van der Waals surface area contributed by atoms with Crippen LogP contribution in [0.5, 0.6) is 0 Å². The summed E-state index contributed by atoms with van der Waals surface area (Å²) in [5.41, 5.74) is 6.35. The summed E-state index contributed by atoms with van der Waals surface area (Å²) in [5.74, 6) is -0.476. The van der Waals surface area contributed by atoms with Gasteiger partial charge in [-0.2, -0.15) is 0 Å². The molecule has 1 aromatic carbocycles. The Balaban J connectivity index is 1.20. The summed E-state index contributed by atoms with van der Waals surface area (Å²) in [4.78, 5) is 23.7. The largest absolute Gasteiger partial charge is 0.371 e. The zero-order valence-electron chi connectivity index (χ0n) is 15.1. The molecule has 4 N–H and O–H groups in total. The highest BCUT2D eigenvalue weighted by Gasteiger charge is 2.36. The van der Waals surface area contributed by atoms with E-state index in [1.165, 1.54) is 0 Å². The summed E-state index contributed by atoms with van der Waals surface area (Å²) in [6, 6.07) is 11.2. The van der Waals surface area contributed by atoms with Crippen molar-refractivity contribution in [1.82, 2.24) is 21.3 Å². The number of ether oxygens (including phenoxy) is 1. The predicted molar refractivity (Wildman–Crippen MR) is 97.2 cm³/mol. The summed E-state index contributed by atoms with van der Waals surface area (Å²) in [7, 11) is 0. The van der Waals surface area contributed by atoms with E-state index in [-0.39, 0.29) is 23.8 Å². The molecule has 9 heteroatoms. The van der Waals surface area contributed by atoms with Crippen molar-refractivity contribution in [1.29, 1.82) is 0 Å². The number of amides is 2. The summed E-state index contributed by atoms with van der Waals surface area (Å²) in [5, 5.41) is 17.3. The third kappa shape index (κ3) is 4.06. The van der Waals surface area contributed by atoms with Gasteiger partial charge in [-0.05, 0) is 12.8 Å². The molecule has 4 rings (SSSR count). The van der Waals surface area contributed by atoms with Crippen molar-refractivity contribution in [3.63, 3.8) is 0 Å². The molecule has 0 spiro atoms. The van der Waals surface area contributed by atoms with Crippen molar-refractivity contribution in [2.24, 2.45) is 5.92 Å². The van der Waals surface area contributed by atoms with Crippen molar-refractivity contribution in [3.8, 4) is 11.3 Å². The summed E-state index contributed by atoms with van der Waals surface area (Å²) >= 11 is 0. The summed E-state index contributed by atoms with van der Waals surface area (Å²) < 4.78 is 10.3. The molecule has 1 saturated carbocycles. The fraction of sp³-hybridized carbons (Fsp3) is 0.421. The molecule has 2 amide bonds. The SMILES string of the molecule is O=C(NNC(=O)[C@H]1C[C@H](NC(O)c2cc(-c3ccccc3)no2)C1)C1CCO1. The lowest BCUT2D eigenvalue weighted by molar-refractivity contribution is -0.148. The molecule has 2 aromatic rings. The Kier molecular flexibility index (Phi) is 5.38. The number of hydrogen-bond acceptors (Lipinski definition) is 7. The van der Waals surface area contributed by atoms with Crippen molar-refractivity contribution < 1.29 is 24.0 Å². The van der Waals surface area contributed by atoms with Crippen molar-refractivity contribution in [3.05, 3.63) is 42.2 Å². The third-order valence-corrected chi connectivity index (χ3v) is 5.07. The first-order chi connectivity index (χ1) is 13.6. The maximum Gasteiger partial charge on any atom is 0.267 e. The van der Waals surface area contributed by atoms with Crippen LogP contribution in [0.2, 0.25) is 0 Å². The molecule has 2 aliphatic rings. The first kappa shape index (κ1) is 18.6. The molecule has 0 bridgehead atoms. The zero-order valence-corrected chi connectivity index (χ0v) is 15.1.